The predicted octanol–water partition coefficient (Wildman–Crippen LogP) is 5.30. The average molecular weight is 483 g/mol. The van der Waals surface area contributed by atoms with Crippen LogP contribution in [0.2, 0.25) is 0 Å². The zero-order chi connectivity index (χ0) is 25.6. The Bertz CT molecular complexity index is 1170. The molecule has 0 aliphatic rings. The minimum absolute atomic E-state index is 0.0476. The van der Waals surface area contributed by atoms with Crippen molar-refractivity contribution in [3.8, 4) is 23.0 Å². The van der Waals surface area contributed by atoms with E-state index in [1.165, 1.54) is 7.11 Å². The Hall–Kier alpha value is -4.01. The lowest BCUT2D eigenvalue weighted by atomic mass is 10.2. The number of nitrogens with one attached hydrogen (secondary N) is 1. The molecule has 0 spiro atoms. The topological polar surface area (TPSA) is 109 Å². The number of rotatable bonds is 8. The fourth-order valence-corrected chi connectivity index (χ4v) is 3.20. The first-order valence-electron chi connectivity index (χ1n) is 11.0. The second-order valence-electron chi connectivity index (χ2n) is 8.73. The van der Waals surface area contributed by atoms with Gasteiger partial charge < -0.3 is 28.7 Å². The van der Waals surface area contributed by atoms with Gasteiger partial charge in [-0.05, 0) is 51.5 Å². The molecular weight excluding hydrogens is 452 g/mol. The number of nitrogens with zero attached hydrogens (tertiary/aromatic N) is 1. The van der Waals surface area contributed by atoms with Crippen molar-refractivity contribution in [1.29, 1.82) is 0 Å². The van der Waals surface area contributed by atoms with E-state index in [4.69, 9.17) is 23.4 Å². The zero-order valence-corrected chi connectivity index (χ0v) is 20.7. The van der Waals surface area contributed by atoms with Crippen LogP contribution in [0.4, 0.5) is 4.79 Å². The summed E-state index contributed by atoms with van der Waals surface area (Å²) in [6, 6.07) is 14.2. The van der Waals surface area contributed by atoms with Gasteiger partial charge in [0.1, 0.15) is 12.2 Å². The Morgan fingerprint density at radius 2 is 1.77 bits per heavy atom. The van der Waals surface area contributed by atoms with E-state index in [9.17, 15) is 9.59 Å². The number of hydrogen-bond acceptors (Lipinski definition) is 8. The number of methoxy groups -OCH3 is 2. The van der Waals surface area contributed by atoms with Gasteiger partial charge in [0, 0.05) is 5.56 Å². The summed E-state index contributed by atoms with van der Waals surface area (Å²) in [6.07, 6.45) is -0.653. The lowest BCUT2D eigenvalue weighted by molar-refractivity contribution is 0.0495. The molecule has 3 aromatic rings. The summed E-state index contributed by atoms with van der Waals surface area (Å²) in [4.78, 5) is 29.0. The Kier molecular flexibility index (Phi) is 8.01. The van der Waals surface area contributed by atoms with Gasteiger partial charge in [-0.25, -0.2) is 14.6 Å². The first-order chi connectivity index (χ1) is 16.6. The first kappa shape index (κ1) is 25.6. The number of esters is 1. The van der Waals surface area contributed by atoms with Crippen LogP contribution in [0.1, 0.15) is 55.5 Å². The summed E-state index contributed by atoms with van der Waals surface area (Å²) in [5.74, 6) is 0.616. The molecule has 0 aliphatic heterocycles. The highest BCUT2D eigenvalue weighted by Gasteiger charge is 2.28. The average Bonchev–Trinajstić information content (AvgIpc) is 3.27. The molecule has 0 radical (unpaired) electrons. The molecule has 9 nitrogen and oxygen atoms in total. The summed E-state index contributed by atoms with van der Waals surface area (Å²) in [7, 11) is 2.79. The highest BCUT2D eigenvalue weighted by Crippen LogP contribution is 2.34. The van der Waals surface area contributed by atoms with E-state index in [2.05, 4.69) is 10.3 Å². The van der Waals surface area contributed by atoms with E-state index in [1.807, 2.05) is 30.3 Å². The SMILES string of the molecule is COC(=O)c1nc(-c2ccc(OC)c(OCc3ccccc3)c2)oc1C(C)NC(=O)OC(C)(C)C. The number of hydrogen-bond donors (Lipinski definition) is 1. The molecule has 0 saturated carbocycles. The van der Waals surface area contributed by atoms with Crippen molar-refractivity contribution in [2.24, 2.45) is 0 Å². The van der Waals surface area contributed by atoms with Gasteiger partial charge in [0.05, 0.1) is 20.3 Å². The Morgan fingerprint density at radius 3 is 2.40 bits per heavy atom. The molecule has 1 N–H and O–H groups in total. The molecule has 1 aromatic heterocycles. The molecule has 1 unspecified atom stereocenters. The fraction of sp³-hybridized carbons (Fsp3) is 0.346. The summed E-state index contributed by atoms with van der Waals surface area (Å²) in [5, 5.41) is 2.66. The lowest BCUT2D eigenvalue weighted by Gasteiger charge is -2.21. The molecule has 0 fully saturated rings. The number of oxazole rings is 1. The largest absolute Gasteiger partial charge is 0.493 e. The van der Waals surface area contributed by atoms with Gasteiger partial charge in [0.15, 0.2) is 23.0 Å². The third-order valence-electron chi connectivity index (χ3n) is 4.81. The van der Waals surface area contributed by atoms with E-state index in [1.54, 1.807) is 53.0 Å². The second kappa shape index (κ2) is 10.9. The number of carbonyl (C=O) groups is 2. The number of aromatic nitrogens is 1. The van der Waals surface area contributed by atoms with Crippen LogP contribution in [0.5, 0.6) is 11.5 Å². The van der Waals surface area contributed by atoms with Crippen molar-refractivity contribution in [3.05, 3.63) is 65.5 Å². The first-order valence-corrected chi connectivity index (χ1v) is 11.0. The van der Waals surface area contributed by atoms with Crippen LogP contribution >= 0.6 is 0 Å². The van der Waals surface area contributed by atoms with Crippen LogP contribution in [-0.4, -0.2) is 36.9 Å². The normalized spacial score (nSPS) is 11.9. The maximum Gasteiger partial charge on any atom is 0.408 e. The summed E-state index contributed by atoms with van der Waals surface area (Å²) >= 11 is 0. The summed E-state index contributed by atoms with van der Waals surface area (Å²) in [5.41, 5.74) is 0.817. The van der Waals surface area contributed by atoms with Crippen LogP contribution in [0, 0.1) is 0 Å². The van der Waals surface area contributed by atoms with Crippen molar-refractivity contribution < 1.29 is 33.0 Å². The van der Waals surface area contributed by atoms with Gasteiger partial charge in [-0.3, -0.25) is 0 Å². The fourth-order valence-electron chi connectivity index (χ4n) is 3.20. The van der Waals surface area contributed by atoms with Gasteiger partial charge in [-0.2, -0.15) is 0 Å². The van der Waals surface area contributed by atoms with Crippen LogP contribution in [0.3, 0.4) is 0 Å². The van der Waals surface area contributed by atoms with Crippen molar-refractivity contribution in [2.45, 2.75) is 45.9 Å². The van der Waals surface area contributed by atoms with Crippen molar-refractivity contribution in [1.82, 2.24) is 10.3 Å². The van der Waals surface area contributed by atoms with Crippen LogP contribution < -0.4 is 14.8 Å². The lowest BCUT2D eigenvalue weighted by Crippen LogP contribution is -2.34. The van der Waals surface area contributed by atoms with E-state index < -0.39 is 23.7 Å². The number of ether oxygens (including phenoxy) is 4. The number of alkyl carbamates (subject to hydrolysis) is 1. The van der Waals surface area contributed by atoms with E-state index in [0.29, 0.717) is 23.7 Å². The van der Waals surface area contributed by atoms with Gasteiger partial charge >= 0.3 is 12.1 Å². The molecule has 0 saturated heterocycles. The highest BCUT2D eigenvalue weighted by atomic mass is 16.6. The van der Waals surface area contributed by atoms with Crippen LogP contribution in [0.25, 0.3) is 11.5 Å². The van der Waals surface area contributed by atoms with Gasteiger partial charge in [-0.1, -0.05) is 30.3 Å². The number of carbonyl (C=O) groups excluding carboxylic acids is 2. The van der Waals surface area contributed by atoms with E-state index >= 15 is 0 Å². The molecule has 1 amide bonds. The zero-order valence-electron chi connectivity index (χ0n) is 20.7. The minimum Gasteiger partial charge on any atom is -0.493 e. The van der Waals surface area contributed by atoms with Gasteiger partial charge in [0.2, 0.25) is 5.89 Å². The third-order valence-corrected chi connectivity index (χ3v) is 4.81. The Morgan fingerprint density at radius 1 is 1.06 bits per heavy atom. The molecule has 0 bridgehead atoms. The van der Waals surface area contributed by atoms with E-state index in [0.717, 1.165) is 5.56 Å². The van der Waals surface area contributed by atoms with Crippen molar-refractivity contribution in [2.75, 3.05) is 14.2 Å². The Balaban J connectivity index is 1.90. The maximum atomic E-state index is 12.4. The maximum absolute atomic E-state index is 12.4. The van der Waals surface area contributed by atoms with Gasteiger partial charge in [0.25, 0.3) is 0 Å². The monoisotopic (exact) mass is 482 g/mol. The molecule has 3 rings (SSSR count). The predicted molar refractivity (Wildman–Crippen MR) is 128 cm³/mol. The van der Waals surface area contributed by atoms with Crippen LogP contribution in [0.15, 0.2) is 52.9 Å². The molecule has 186 valence electrons. The van der Waals surface area contributed by atoms with Gasteiger partial charge in [-0.15, -0.1) is 0 Å². The molecular formula is C26H30N2O7. The number of benzene rings is 2. The molecule has 9 heteroatoms. The smallest absolute Gasteiger partial charge is 0.408 e. The van der Waals surface area contributed by atoms with Crippen molar-refractivity contribution >= 4 is 12.1 Å². The van der Waals surface area contributed by atoms with E-state index in [-0.39, 0.29) is 17.3 Å². The summed E-state index contributed by atoms with van der Waals surface area (Å²) in [6.45, 7) is 7.26. The molecule has 2 aromatic carbocycles. The minimum atomic E-state index is -0.716. The van der Waals surface area contributed by atoms with Crippen LogP contribution in [-0.2, 0) is 16.1 Å². The second-order valence-corrected chi connectivity index (χ2v) is 8.73. The number of amides is 1. The highest BCUT2D eigenvalue weighted by molar-refractivity contribution is 5.89. The Labute approximate surface area is 204 Å². The quantitative estimate of drug-likeness (QED) is 0.431. The summed E-state index contributed by atoms with van der Waals surface area (Å²) < 4.78 is 27.5. The third kappa shape index (κ3) is 6.75. The standard InChI is InChI=1S/C26H30N2O7/c1-16(27-25(30)35-26(2,3)4)22-21(24(29)32-6)28-23(34-22)18-12-13-19(31-5)20(14-18)33-15-17-10-8-7-9-11-17/h7-14,16H,15H2,1-6H3,(H,27,30). The molecule has 1 heterocycles. The molecule has 1 atom stereocenters. The molecule has 35 heavy (non-hydrogen) atoms. The molecule has 0 aliphatic carbocycles. The van der Waals surface area contributed by atoms with Crippen molar-refractivity contribution in [3.63, 3.8) is 0 Å².